The molecule has 10 heteroatoms. The third-order valence-corrected chi connectivity index (χ3v) is 5.26. The van der Waals surface area contributed by atoms with Crippen molar-refractivity contribution in [1.82, 2.24) is 25.1 Å². The second kappa shape index (κ2) is 8.90. The van der Waals surface area contributed by atoms with Crippen LogP contribution in [0.3, 0.4) is 0 Å². The van der Waals surface area contributed by atoms with Gasteiger partial charge in [-0.05, 0) is 60.5 Å². The summed E-state index contributed by atoms with van der Waals surface area (Å²) in [5, 5.41) is 16.8. The maximum atomic E-state index is 14.3. The number of amides is 3. The zero-order valence-corrected chi connectivity index (χ0v) is 17.0. The Morgan fingerprint density at radius 2 is 1.81 bits per heavy atom. The van der Waals surface area contributed by atoms with Gasteiger partial charge in [0.15, 0.2) is 5.82 Å². The lowest BCUT2D eigenvalue weighted by atomic mass is 9.96. The molecule has 0 unspecified atom stereocenters. The van der Waals surface area contributed by atoms with E-state index in [1.807, 2.05) is 30.3 Å². The average Bonchev–Trinajstić information content (AvgIpc) is 3.22. The van der Waals surface area contributed by atoms with Crippen molar-refractivity contribution in [3.05, 3.63) is 60.2 Å². The topological polar surface area (TPSA) is 105 Å². The Bertz CT molecular complexity index is 1080. The molecular formula is C21H22FN7O2. The Morgan fingerprint density at radius 1 is 1.06 bits per heavy atom. The van der Waals surface area contributed by atoms with Gasteiger partial charge >= 0.3 is 6.03 Å². The minimum absolute atomic E-state index is 0.0710. The van der Waals surface area contributed by atoms with Crippen molar-refractivity contribution in [3.8, 4) is 5.69 Å². The van der Waals surface area contributed by atoms with Crippen molar-refractivity contribution >= 4 is 23.3 Å². The molecule has 3 amide bonds. The first kappa shape index (κ1) is 20.5. The number of benzene rings is 2. The number of hydrogen-bond acceptors (Lipinski definition) is 5. The fourth-order valence-corrected chi connectivity index (χ4v) is 3.51. The zero-order chi connectivity index (χ0) is 21.8. The Kier molecular flexibility index (Phi) is 5.87. The predicted octanol–water partition coefficient (Wildman–Crippen LogP) is 2.99. The molecule has 1 saturated heterocycles. The minimum atomic E-state index is -0.539. The maximum absolute atomic E-state index is 14.3. The normalized spacial score (nSPS) is 14.3. The van der Waals surface area contributed by atoms with Crippen LogP contribution in [0.15, 0.2) is 48.5 Å². The van der Waals surface area contributed by atoms with Gasteiger partial charge in [-0.3, -0.25) is 4.79 Å². The molecule has 3 aromatic rings. The van der Waals surface area contributed by atoms with Crippen molar-refractivity contribution in [3.63, 3.8) is 0 Å². The van der Waals surface area contributed by atoms with E-state index in [0.29, 0.717) is 37.4 Å². The molecule has 160 valence electrons. The van der Waals surface area contributed by atoms with E-state index in [1.54, 1.807) is 11.8 Å². The second-order valence-electron chi connectivity index (χ2n) is 7.35. The lowest BCUT2D eigenvalue weighted by Gasteiger charge is -2.31. The van der Waals surface area contributed by atoms with Gasteiger partial charge in [0.1, 0.15) is 5.82 Å². The lowest BCUT2D eigenvalue weighted by Crippen LogP contribution is -2.43. The summed E-state index contributed by atoms with van der Waals surface area (Å²) in [6, 6.07) is 13.3. The summed E-state index contributed by atoms with van der Waals surface area (Å²) in [6.45, 7) is 2.62. The summed E-state index contributed by atoms with van der Waals surface area (Å²) in [7, 11) is 0. The molecule has 0 radical (unpaired) electrons. The number of rotatable bonds is 4. The molecular weight excluding hydrogens is 401 g/mol. The summed E-state index contributed by atoms with van der Waals surface area (Å²) in [4.78, 5) is 26.8. The van der Waals surface area contributed by atoms with Crippen molar-refractivity contribution in [2.75, 3.05) is 23.7 Å². The Balaban J connectivity index is 1.35. The van der Waals surface area contributed by atoms with Gasteiger partial charge in [0.05, 0.1) is 11.4 Å². The molecule has 2 N–H and O–H groups in total. The van der Waals surface area contributed by atoms with Crippen LogP contribution in [-0.2, 0) is 4.79 Å². The van der Waals surface area contributed by atoms with Crippen molar-refractivity contribution in [1.29, 1.82) is 0 Å². The summed E-state index contributed by atoms with van der Waals surface area (Å²) in [5.74, 6) is -0.571. The summed E-state index contributed by atoms with van der Waals surface area (Å²) < 4.78 is 15.7. The van der Waals surface area contributed by atoms with Crippen LogP contribution in [-0.4, -0.2) is 50.1 Å². The highest BCUT2D eigenvalue weighted by Crippen LogP contribution is 2.23. The Morgan fingerprint density at radius 3 is 2.48 bits per heavy atom. The van der Waals surface area contributed by atoms with Gasteiger partial charge < -0.3 is 15.5 Å². The first-order valence-electron chi connectivity index (χ1n) is 9.98. The van der Waals surface area contributed by atoms with Crippen LogP contribution < -0.4 is 10.6 Å². The fraction of sp³-hybridized carbons (Fsp3) is 0.286. The van der Waals surface area contributed by atoms with Crippen molar-refractivity contribution < 1.29 is 14.0 Å². The number of nitrogens with one attached hydrogen (secondary N) is 2. The van der Waals surface area contributed by atoms with Gasteiger partial charge in [-0.2, -0.15) is 4.68 Å². The molecule has 1 aliphatic rings. The molecule has 2 aromatic carbocycles. The van der Waals surface area contributed by atoms with Crippen molar-refractivity contribution in [2.45, 2.75) is 19.8 Å². The van der Waals surface area contributed by atoms with Crippen LogP contribution >= 0.6 is 0 Å². The van der Waals surface area contributed by atoms with Crippen LogP contribution in [0.4, 0.5) is 20.6 Å². The molecule has 1 fully saturated rings. The van der Waals surface area contributed by atoms with Crippen molar-refractivity contribution in [2.24, 2.45) is 5.92 Å². The lowest BCUT2D eigenvalue weighted by molar-refractivity contribution is -0.121. The number of carbonyl (C=O) groups excluding carboxylic acids is 2. The van der Waals surface area contributed by atoms with E-state index in [-0.39, 0.29) is 23.5 Å². The molecule has 31 heavy (non-hydrogen) atoms. The molecule has 0 aliphatic carbocycles. The highest BCUT2D eigenvalue weighted by molar-refractivity contribution is 5.93. The Labute approximate surface area is 178 Å². The van der Waals surface area contributed by atoms with E-state index in [9.17, 15) is 14.0 Å². The van der Waals surface area contributed by atoms with Crippen LogP contribution in [0.25, 0.3) is 5.69 Å². The summed E-state index contributed by atoms with van der Waals surface area (Å²) in [6.07, 6.45) is 1.00. The number of piperidine rings is 1. The molecule has 1 aliphatic heterocycles. The second-order valence-corrected chi connectivity index (χ2v) is 7.35. The number of para-hydroxylation sites is 1. The molecule has 1 aromatic heterocycles. The molecule has 9 nitrogen and oxygen atoms in total. The molecule has 0 atom stereocenters. The van der Waals surface area contributed by atoms with E-state index in [4.69, 9.17) is 0 Å². The summed E-state index contributed by atoms with van der Waals surface area (Å²) in [5.41, 5.74) is 1.34. The van der Waals surface area contributed by atoms with Gasteiger partial charge in [0.25, 0.3) is 0 Å². The quantitative estimate of drug-likeness (QED) is 0.671. The predicted molar refractivity (Wildman–Crippen MR) is 112 cm³/mol. The smallest absolute Gasteiger partial charge is 0.321 e. The number of aryl methyl sites for hydroxylation is 1. The number of anilines is 2. The number of hydrogen-bond donors (Lipinski definition) is 2. The molecule has 0 bridgehead atoms. The SMILES string of the molecule is Cc1nnnn1-c1ccc(F)c(NC(=O)C2CCN(C(=O)Nc3ccccc3)CC2)c1. The van der Waals surface area contributed by atoms with E-state index >= 15 is 0 Å². The maximum Gasteiger partial charge on any atom is 0.321 e. The van der Waals surface area contributed by atoms with Gasteiger partial charge in [0, 0.05) is 24.7 Å². The number of tetrazole rings is 1. The number of nitrogens with zero attached hydrogens (tertiary/aromatic N) is 5. The van der Waals surface area contributed by atoms with Crippen LogP contribution in [0, 0.1) is 18.7 Å². The molecule has 2 heterocycles. The standard InChI is InChI=1S/C21H22FN7O2/c1-14-25-26-27-29(14)17-7-8-18(22)19(13-17)24-20(30)15-9-11-28(12-10-15)21(31)23-16-5-3-2-4-6-16/h2-8,13,15H,9-12H2,1H3,(H,23,31)(H,24,30). The Hall–Kier alpha value is -3.82. The van der Waals surface area contributed by atoms with Gasteiger partial charge in [0.2, 0.25) is 5.91 Å². The molecule has 0 saturated carbocycles. The highest BCUT2D eigenvalue weighted by Gasteiger charge is 2.28. The van der Waals surface area contributed by atoms with E-state index in [0.717, 1.165) is 5.69 Å². The largest absolute Gasteiger partial charge is 0.324 e. The van der Waals surface area contributed by atoms with Crippen LogP contribution in [0.5, 0.6) is 0 Å². The van der Waals surface area contributed by atoms with Gasteiger partial charge in [-0.25, -0.2) is 9.18 Å². The van der Waals surface area contributed by atoms with Crippen LogP contribution in [0.1, 0.15) is 18.7 Å². The third-order valence-electron chi connectivity index (χ3n) is 5.26. The number of carbonyl (C=O) groups is 2. The van der Waals surface area contributed by atoms with Crippen LogP contribution in [0.2, 0.25) is 0 Å². The van der Waals surface area contributed by atoms with Gasteiger partial charge in [-0.1, -0.05) is 18.2 Å². The van der Waals surface area contributed by atoms with E-state index < -0.39 is 5.82 Å². The average molecular weight is 423 g/mol. The van der Waals surface area contributed by atoms with Gasteiger partial charge in [-0.15, -0.1) is 5.10 Å². The third kappa shape index (κ3) is 4.68. The number of urea groups is 1. The molecule has 0 spiro atoms. The first-order chi connectivity index (χ1) is 15.0. The first-order valence-corrected chi connectivity index (χ1v) is 9.98. The fourth-order valence-electron chi connectivity index (χ4n) is 3.51. The minimum Gasteiger partial charge on any atom is -0.324 e. The number of aromatic nitrogens is 4. The summed E-state index contributed by atoms with van der Waals surface area (Å²) >= 11 is 0. The zero-order valence-electron chi connectivity index (χ0n) is 17.0. The molecule has 4 rings (SSSR count). The highest BCUT2D eigenvalue weighted by atomic mass is 19.1. The monoisotopic (exact) mass is 423 g/mol. The number of likely N-dealkylation sites (tertiary alicyclic amines) is 1. The number of halogens is 1. The van der Waals surface area contributed by atoms with E-state index in [1.165, 1.54) is 22.9 Å². The van der Waals surface area contributed by atoms with E-state index in [2.05, 4.69) is 26.2 Å².